The van der Waals surface area contributed by atoms with Gasteiger partial charge in [-0.3, -0.25) is 0 Å². The Kier molecular flexibility index (Phi) is 5.01. The predicted molar refractivity (Wildman–Crippen MR) is 81.4 cm³/mol. The molecule has 1 aliphatic rings. The molecule has 1 nitrogen and oxygen atoms in total. The molecule has 2 atom stereocenters. The van der Waals surface area contributed by atoms with Crippen LogP contribution in [-0.4, -0.2) is 6.04 Å². The summed E-state index contributed by atoms with van der Waals surface area (Å²) in [6.07, 6.45) is 5.48. The van der Waals surface area contributed by atoms with Crippen molar-refractivity contribution in [3.8, 4) is 0 Å². The Morgan fingerprint density at radius 3 is 2.39 bits per heavy atom. The Morgan fingerprint density at radius 1 is 1.33 bits per heavy atom. The fraction of sp³-hybridized carbons (Fsp3) is 0.529. The molecule has 1 heteroatoms. The predicted octanol–water partition coefficient (Wildman–Crippen LogP) is 4.75. The van der Waals surface area contributed by atoms with Crippen molar-refractivity contribution in [3.05, 3.63) is 46.7 Å². The molecule has 1 rings (SSSR count). The molecule has 0 spiro atoms. The average Bonchev–Trinajstić information content (AvgIpc) is 2.51. The van der Waals surface area contributed by atoms with Crippen molar-refractivity contribution < 1.29 is 0 Å². The second-order valence-corrected chi connectivity index (χ2v) is 5.32. The fourth-order valence-electron chi connectivity index (χ4n) is 2.59. The Hall–Kier alpha value is -1.24. The lowest BCUT2D eigenvalue weighted by Crippen LogP contribution is -2.25. The molecular formula is C17H27N. The van der Waals surface area contributed by atoms with E-state index in [1.54, 1.807) is 0 Å². The molecular weight excluding hydrogens is 218 g/mol. The lowest BCUT2D eigenvalue weighted by molar-refractivity contribution is 0.702. The van der Waals surface area contributed by atoms with Crippen molar-refractivity contribution >= 4 is 0 Å². The Labute approximate surface area is 112 Å². The number of rotatable bonds is 5. The molecule has 0 amide bonds. The van der Waals surface area contributed by atoms with Gasteiger partial charge in [0.1, 0.15) is 0 Å². The molecule has 0 aromatic carbocycles. The summed E-state index contributed by atoms with van der Waals surface area (Å²) in [4.78, 5) is 0. The van der Waals surface area contributed by atoms with Gasteiger partial charge in [-0.25, -0.2) is 0 Å². The zero-order valence-electron chi connectivity index (χ0n) is 12.7. The van der Waals surface area contributed by atoms with E-state index in [2.05, 4.69) is 65.6 Å². The summed E-state index contributed by atoms with van der Waals surface area (Å²) in [7, 11) is 0. The van der Waals surface area contributed by atoms with Crippen molar-refractivity contribution in [2.45, 2.75) is 54.0 Å². The van der Waals surface area contributed by atoms with E-state index in [4.69, 9.17) is 0 Å². The topological polar surface area (TPSA) is 12.0 Å². The van der Waals surface area contributed by atoms with Crippen LogP contribution in [-0.2, 0) is 0 Å². The minimum absolute atomic E-state index is 0.339. The van der Waals surface area contributed by atoms with Crippen molar-refractivity contribution in [3.63, 3.8) is 0 Å². The lowest BCUT2D eigenvalue weighted by Gasteiger charge is -2.20. The minimum Gasteiger partial charge on any atom is -0.379 e. The van der Waals surface area contributed by atoms with E-state index in [0.29, 0.717) is 12.0 Å². The van der Waals surface area contributed by atoms with Crippen molar-refractivity contribution in [2.24, 2.45) is 5.92 Å². The van der Waals surface area contributed by atoms with E-state index in [9.17, 15) is 0 Å². The van der Waals surface area contributed by atoms with Crippen LogP contribution in [0.5, 0.6) is 0 Å². The highest BCUT2D eigenvalue weighted by molar-refractivity contribution is 5.53. The van der Waals surface area contributed by atoms with Gasteiger partial charge in [0, 0.05) is 17.7 Å². The second kappa shape index (κ2) is 6.08. The highest BCUT2D eigenvalue weighted by Crippen LogP contribution is 2.39. The van der Waals surface area contributed by atoms with Gasteiger partial charge in [-0.2, -0.15) is 0 Å². The molecule has 0 heterocycles. The van der Waals surface area contributed by atoms with E-state index in [1.165, 1.54) is 22.3 Å². The molecule has 18 heavy (non-hydrogen) atoms. The van der Waals surface area contributed by atoms with Crippen molar-refractivity contribution in [1.82, 2.24) is 5.32 Å². The quantitative estimate of drug-likeness (QED) is 0.689. The Bertz CT molecular complexity index is 421. The minimum atomic E-state index is 0.339. The van der Waals surface area contributed by atoms with Gasteiger partial charge in [-0.1, -0.05) is 38.2 Å². The molecule has 0 aromatic heterocycles. The maximum atomic E-state index is 4.22. The molecule has 0 aromatic rings. The van der Waals surface area contributed by atoms with Crippen LogP contribution >= 0.6 is 0 Å². The van der Waals surface area contributed by atoms with Gasteiger partial charge in [0.15, 0.2) is 0 Å². The Balaban J connectivity index is 2.79. The summed E-state index contributed by atoms with van der Waals surface area (Å²) < 4.78 is 0. The van der Waals surface area contributed by atoms with Crippen LogP contribution in [0.2, 0.25) is 0 Å². The molecule has 0 saturated heterocycles. The van der Waals surface area contributed by atoms with Crippen molar-refractivity contribution in [2.75, 3.05) is 0 Å². The van der Waals surface area contributed by atoms with Crippen LogP contribution in [0.1, 0.15) is 48.0 Å². The second-order valence-electron chi connectivity index (χ2n) is 5.32. The van der Waals surface area contributed by atoms with Gasteiger partial charge in [0.05, 0.1) is 0 Å². The highest BCUT2D eigenvalue weighted by atomic mass is 14.9. The maximum absolute atomic E-state index is 4.22. The Morgan fingerprint density at radius 2 is 1.94 bits per heavy atom. The third kappa shape index (κ3) is 2.95. The molecule has 1 N–H and O–H groups in total. The first kappa shape index (κ1) is 14.8. The highest BCUT2D eigenvalue weighted by Gasteiger charge is 2.25. The number of hydrogen-bond acceptors (Lipinski definition) is 1. The first-order valence-electron chi connectivity index (χ1n) is 6.91. The van der Waals surface area contributed by atoms with Gasteiger partial charge in [0.2, 0.25) is 0 Å². The fourth-order valence-corrected chi connectivity index (χ4v) is 2.59. The normalized spacial score (nSPS) is 22.0. The maximum Gasteiger partial charge on any atom is 0.0416 e. The van der Waals surface area contributed by atoms with E-state index >= 15 is 0 Å². The summed E-state index contributed by atoms with van der Waals surface area (Å²) >= 11 is 0. The number of hydrogen-bond donors (Lipinski definition) is 1. The average molecular weight is 245 g/mol. The largest absolute Gasteiger partial charge is 0.379 e. The number of allylic oxidation sites excluding steroid dienone is 5. The summed E-state index contributed by atoms with van der Waals surface area (Å²) in [5.74, 6) is 0.493. The SMILES string of the molecule is C=C(N[C@@H](C)/C=C\CC)C1=C(C)C(C)=C(C)C1C. The van der Waals surface area contributed by atoms with Gasteiger partial charge >= 0.3 is 0 Å². The van der Waals surface area contributed by atoms with Gasteiger partial charge in [-0.15, -0.1) is 0 Å². The van der Waals surface area contributed by atoms with Crippen LogP contribution in [0.3, 0.4) is 0 Å². The number of nitrogens with one attached hydrogen (secondary N) is 1. The molecule has 0 saturated carbocycles. The molecule has 0 bridgehead atoms. The molecule has 1 aliphatic carbocycles. The van der Waals surface area contributed by atoms with E-state index < -0.39 is 0 Å². The van der Waals surface area contributed by atoms with Crippen molar-refractivity contribution in [1.29, 1.82) is 0 Å². The summed E-state index contributed by atoms with van der Waals surface area (Å²) in [5.41, 5.74) is 6.75. The summed E-state index contributed by atoms with van der Waals surface area (Å²) in [5, 5.41) is 3.49. The zero-order chi connectivity index (χ0) is 13.9. The van der Waals surface area contributed by atoms with E-state index in [0.717, 1.165) is 12.1 Å². The van der Waals surface area contributed by atoms with E-state index in [-0.39, 0.29) is 0 Å². The lowest BCUT2D eigenvalue weighted by atomic mass is 9.95. The smallest absolute Gasteiger partial charge is 0.0416 e. The van der Waals surface area contributed by atoms with Crippen LogP contribution in [0, 0.1) is 5.92 Å². The molecule has 1 unspecified atom stereocenters. The van der Waals surface area contributed by atoms with Crippen LogP contribution in [0.25, 0.3) is 0 Å². The van der Waals surface area contributed by atoms with Crippen LogP contribution < -0.4 is 5.32 Å². The molecule has 0 radical (unpaired) electrons. The zero-order valence-corrected chi connectivity index (χ0v) is 12.7. The van der Waals surface area contributed by atoms with Crippen LogP contribution in [0.15, 0.2) is 46.7 Å². The summed E-state index contributed by atoms with van der Waals surface area (Å²) in [6.45, 7) is 17.5. The van der Waals surface area contributed by atoms with Gasteiger partial charge in [0.25, 0.3) is 0 Å². The first-order chi connectivity index (χ1) is 8.40. The van der Waals surface area contributed by atoms with Gasteiger partial charge < -0.3 is 5.32 Å². The first-order valence-corrected chi connectivity index (χ1v) is 6.91. The summed E-state index contributed by atoms with van der Waals surface area (Å²) in [6, 6.07) is 0.339. The standard InChI is InChI=1S/C17H27N/c1-8-9-10-11(2)18-16(7)17-14(5)12(3)13(4)15(17)6/h9-11,14,18H,7-8H2,1-6H3/b10-9-/t11-,14?/m0/s1. The molecule has 100 valence electrons. The van der Waals surface area contributed by atoms with Gasteiger partial charge in [-0.05, 0) is 50.8 Å². The van der Waals surface area contributed by atoms with E-state index in [1.807, 2.05) is 0 Å². The molecule has 0 fully saturated rings. The van der Waals surface area contributed by atoms with Crippen LogP contribution in [0.4, 0.5) is 0 Å². The third-order valence-corrected chi connectivity index (χ3v) is 4.03. The third-order valence-electron chi connectivity index (χ3n) is 4.03. The monoisotopic (exact) mass is 245 g/mol. The molecule has 0 aliphatic heterocycles.